The van der Waals surface area contributed by atoms with Gasteiger partial charge in [-0.3, -0.25) is 14.4 Å². The van der Waals surface area contributed by atoms with E-state index >= 15 is 0 Å². The van der Waals surface area contributed by atoms with Crippen molar-refractivity contribution in [2.24, 2.45) is 0 Å². The van der Waals surface area contributed by atoms with E-state index in [1.54, 1.807) is 0 Å². The molecule has 0 aliphatic heterocycles. The van der Waals surface area contributed by atoms with E-state index in [-0.39, 0.29) is 24.7 Å². The number of hydrogen-bond acceptors (Lipinski definition) is 4. The van der Waals surface area contributed by atoms with Crippen molar-refractivity contribution < 1.29 is 24.2 Å². The molecule has 33 heavy (non-hydrogen) atoms. The summed E-state index contributed by atoms with van der Waals surface area (Å²) in [4.78, 5) is 33.5. The summed E-state index contributed by atoms with van der Waals surface area (Å²) in [7, 11) is 0. The number of carboxylic acids is 1. The zero-order valence-corrected chi connectivity index (χ0v) is 20.9. The van der Waals surface area contributed by atoms with Crippen LogP contribution < -0.4 is 10.6 Å². The van der Waals surface area contributed by atoms with Crippen LogP contribution in [-0.4, -0.2) is 49.2 Å². The van der Waals surface area contributed by atoms with Gasteiger partial charge in [-0.25, -0.2) is 0 Å². The Labute approximate surface area is 201 Å². The van der Waals surface area contributed by atoms with Gasteiger partial charge in [0.05, 0.1) is 19.6 Å². The Hall–Kier alpha value is -1.89. The summed E-state index contributed by atoms with van der Waals surface area (Å²) in [6.45, 7) is 3.77. The number of allylic oxidation sites excluding steroid dienone is 2. The molecule has 0 aliphatic carbocycles. The average molecular weight is 469 g/mol. The molecule has 0 aromatic heterocycles. The molecule has 0 aromatic rings. The molecule has 0 aliphatic rings. The van der Waals surface area contributed by atoms with Crippen molar-refractivity contribution in [3.05, 3.63) is 12.2 Å². The van der Waals surface area contributed by atoms with E-state index in [2.05, 4.69) is 29.7 Å². The lowest BCUT2D eigenvalue weighted by Gasteiger charge is -2.07. The third kappa shape index (κ3) is 26.2. The smallest absolute Gasteiger partial charge is 0.303 e. The predicted molar refractivity (Wildman–Crippen MR) is 133 cm³/mol. The van der Waals surface area contributed by atoms with Crippen LogP contribution in [0.15, 0.2) is 12.2 Å². The van der Waals surface area contributed by atoms with Gasteiger partial charge in [0.2, 0.25) is 11.8 Å². The van der Waals surface area contributed by atoms with Crippen LogP contribution in [-0.2, 0) is 19.1 Å². The van der Waals surface area contributed by atoms with Gasteiger partial charge >= 0.3 is 5.97 Å². The van der Waals surface area contributed by atoms with Crippen LogP contribution >= 0.6 is 0 Å². The molecular weight excluding hydrogens is 420 g/mol. The van der Waals surface area contributed by atoms with Crippen LogP contribution in [0.4, 0.5) is 0 Å². The average Bonchev–Trinajstić information content (AvgIpc) is 2.79. The molecule has 0 saturated carbocycles. The van der Waals surface area contributed by atoms with Gasteiger partial charge in [0.25, 0.3) is 0 Å². The number of nitrogens with one attached hydrogen (secondary N) is 2. The van der Waals surface area contributed by atoms with Crippen LogP contribution in [0, 0.1) is 0 Å². The Kier molecular flexibility index (Phi) is 23.3. The van der Waals surface area contributed by atoms with Gasteiger partial charge in [-0.05, 0) is 32.1 Å². The molecule has 7 heteroatoms. The van der Waals surface area contributed by atoms with Crippen molar-refractivity contribution in [3.63, 3.8) is 0 Å². The Morgan fingerprint density at radius 3 is 1.70 bits per heavy atom. The fraction of sp³-hybridized carbons (Fsp3) is 0.808. The van der Waals surface area contributed by atoms with E-state index in [1.165, 1.54) is 70.6 Å². The summed E-state index contributed by atoms with van der Waals surface area (Å²) in [5.41, 5.74) is 0. The lowest BCUT2D eigenvalue weighted by molar-refractivity contribution is -0.138. The van der Waals surface area contributed by atoms with Crippen LogP contribution in [0.3, 0.4) is 0 Å². The number of unbranched alkanes of at least 4 members (excludes halogenated alkanes) is 11. The molecule has 0 aromatic carbocycles. The van der Waals surface area contributed by atoms with Gasteiger partial charge in [0.1, 0.15) is 0 Å². The fourth-order valence-corrected chi connectivity index (χ4v) is 3.38. The molecule has 0 spiro atoms. The number of carbonyl (C=O) groups excluding carboxylic acids is 2. The summed E-state index contributed by atoms with van der Waals surface area (Å²) in [6.07, 6.45) is 21.2. The second-order valence-electron chi connectivity index (χ2n) is 8.54. The van der Waals surface area contributed by atoms with E-state index in [4.69, 9.17) is 9.84 Å². The van der Waals surface area contributed by atoms with E-state index in [0.29, 0.717) is 32.7 Å². The van der Waals surface area contributed by atoms with Gasteiger partial charge < -0.3 is 20.5 Å². The van der Waals surface area contributed by atoms with Gasteiger partial charge in [-0.15, -0.1) is 0 Å². The Morgan fingerprint density at radius 2 is 1.15 bits per heavy atom. The predicted octanol–water partition coefficient (Wildman–Crippen LogP) is 5.14. The molecule has 2 amide bonds. The highest BCUT2D eigenvalue weighted by Gasteiger charge is 2.04. The quantitative estimate of drug-likeness (QED) is 0.134. The normalized spacial score (nSPS) is 11.1. The van der Waals surface area contributed by atoms with E-state index < -0.39 is 5.97 Å². The van der Waals surface area contributed by atoms with Crippen molar-refractivity contribution in [2.45, 2.75) is 110 Å². The summed E-state index contributed by atoms with van der Waals surface area (Å²) in [6, 6.07) is 0. The lowest BCUT2D eigenvalue weighted by Crippen LogP contribution is -2.30. The highest BCUT2D eigenvalue weighted by Crippen LogP contribution is 2.09. The van der Waals surface area contributed by atoms with Crippen molar-refractivity contribution in [1.29, 1.82) is 0 Å². The fourth-order valence-electron chi connectivity index (χ4n) is 3.38. The maximum absolute atomic E-state index is 11.8. The number of aliphatic carboxylic acids is 1. The standard InChI is InChI=1S/C26H48N2O5/c1-2-3-4-5-6-7-8-9-10-11-12-13-14-15-16-17-24(29)27-20-22-33-23-21-28-25(30)18-19-26(31)32/h9-10H,2-8,11-23H2,1H3,(H,27,29)(H,28,30)(H,31,32). The van der Waals surface area contributed by atoms with Crippen molar-refractivity contribution in [1.82, 2.24) is 10.6 Å². The monoisotopic (exact) mass is 468 g/mol. The number of amides is 2. The zero-order valence-electron chi connectivity index (χ0n) is 20.9. The minimum Gasteiger partial charge on any atom is -0.481 e. The third-order valence-electron chi connectivity index (χ3n) is 5.37. The van der Waals surface area contributed by atoms with Gasteiger partial charge in [-0.1, -0.05) is 70.4 Å². The third-order valence-corrected chi connectivity index (χ3v) is 5.37. The Morgan fingerprint density at radius 1 is 0.667 bits per heavy atom. The first kappa shape index (κ1) is 31.1. The van der Waals surface area contributed by atoms with Crippen LogP contribution in [0.25, 0.3) is 0 Å². The van der Waals surface area contributed by atoms with Crippen molar-refractivity contribution >= 4 is 17.8 Å². The molecule has 0 heterocycles. The Bertz CT molecular complexity index is 523. The molecule has 0 saturated heterocycles. The second kappa shape index (κ2) is 24.7. The number of ether oxygens (including phenoxy) is 1. The SMILES string of the molecule is CCCCCCCCC=CCCCCCCCC(=O)NCCOCCNC(=O)CCC(=O)O. The highest BCUT2D eigenvalue weighted by molar-refractivity contribution is 5.80. The molecular formula is C26H48N2O5. The minimum atomic E-state index is -0.987. The topological polar surface area (TPSA) is 105 Å². The Balaban J connectivity index is 3.29. The zero-order chi connectivity index (χ0) is 24.4. The summed E-state index contributed by atoms with van der Waals surface area (Å²) < 4.78 is 5.34. The molecule has 0 radical (unpaired) electrons. The highest BCUT2D eigenvalue weighted by atomic mass is 16.5. The number of carbonyl (C=O) groups is 3. The molecule has 0 rings (SSSR count). The van der Waals surface area contributed by atoms with Crippen molar-refractivity contribution in [3.8, 4) is 0 Å². The first-order valence-corrected chi connectivity index (χ1v) is 13.0. The summed E-state index contributed by atoms with van der Waals surface area (Å²) in [5, 5.41) is 13.9. The van der Waals surface area contributed by atoms with Gasteiger partial charge in [0.15, 0.2) is 0 Å². The van der Waals surface area contributed by atoms with E-state index in [1.807, 2.05) is 0 Å². The molecule has 7 nitrogen and oxygen atoms in total. The number of rotatable bonds is 24. The lowest BCUT2D eigenvalue weighted by atomic mass is 10.1. The van der Waals surface area contributed by atoms with Crippen LogP contribution in [0.2, 0.25) is 0 Å². The first-order chi connectivity index (χ1) is 16.1. The van der Waals surface area contributed by atoms with Gasteiger partial charge in [0, 0.05) is 25.9 Å². The van der Waals surface area contributed by atoms with E-state index in [9.17, 15) is 14.4 Å². The van der Waals surface area contributed by atoms with Gasteiger partial charge in [-0.2, -0.15) is 0 Å². The second-order valence-corrected chi connectivity index (χ2v) is 8.54. The molecule has 0 fully saturated rings. The maximum Gasteiger partial charge on any atom is 0.303 e. The molecule has 0 atom stereocenters. The number of carboxylic acid groups (broad SMARTS) is 1. The van der Waals surface area contributed by atoms with Crippen molar-refractivity contribution in [2.75, 3.05) is 26.3 Å². The summed E-state index contributed by atoms with van der Waals surface area (Å²) in [5.74, 6) is -1.23. The minimum absolute atomic E-state index is 0.0260. The van der Waals surface area contributed by atoms with Crippen LogP contribution in [0.1, 0.15) is 110 Å². The number of hydrogen-bond donors (Lipinski definition) is 3. The summed E-state index contributed by atoms with van der Waals surface area (Å²) >= 11 is 0. The largest absolute Gasteiger partial charge is 0.481 e. The molecule has 3 N–H and O–H groups in total. The first-order valence-electron chi connectivity index (χ1n) is 13.0. The maximum atomic E-state index is 11.8. The molecule has 0 bridgehead atoms. The van der Waals surface area contributed by atoms with E-state index in [0.717, 1.165) is 12.8 Å². The molecule has 0 unspecified atom stereocenters. The van der Waals surface area contributed by atoms with Crippen LogP contribution in [0.5, 0.6) is 0 Å². The molecule has 192 valence electrons.